The fourth-order valence-corrected chi connectivity index (χ4v) is 1.40. The lowest BCUT2D eigenvalue weighted by molar-refractivity contribution is 0.415. The molecular formula is C11H17F2N3. The maximum atomic E-state index is 13.5. The SMILES string of the molecule is CN(C)CCN(C)c1c(N)ccc(F)c1F. The smallest absolute Gasteiger partial charge is 0.184 e. The zero-order valence-corrected chi connectivity index (χ0v) is 9.80. The van der Waals surface area contributed by atoms with Crippen molar-refractivity contribution in [1.29, 1.82) is 0 Å². The third-order valence-electron chi connectivity index (χ3n) is 2.36. The topological polar surface area (TPSA) is 32.5 Å². The van der Waals surface area contributed by atoms with E-state index in [1.165, 1.54) is 6.07 Å². The van der Waals surface area contributed by atoms with Crippen molar-refractivity contribution in [3.05, 3.63) is 23.8 Å². The molecule has 1 aromatic rings. The second-order valence-corrected chi connectivity index (χ2v) is 4.02. The predicted molar refractivity (Wildman–Crippen MR) is 62.6 cm³/mol. The second-order valence-electron chi connectivity index (χ2n) is 4.02. The van der Waals surface area contributed by atoms with Gasteiger partial charge in [0, 0.05) is 20.1 Å². The van der Waals surface area contributed by atoms with Crippen LogP contribution < -0.4 is 10.6 Å². The quantitative estimate of drug-likeness (QED) is 0.795. The van der Waals surface area contributed by atoms with Crippen LogP contribution in [-0.4, -0.2) is 39.1 Å². The van der Waals surface area contributed by atoms with E-state index in [4.69, 9.17) is 5.73 Å². The molecule has 2 N–H and O–H groups in total. The summed E-state index contributed by atoms with van der Waals surface area (Å²) in [5, 5.41) is 0. The first-order chi connectivity index (χ1) is 7.43. The van der Waals surface area contributed by atoms with Gasteiger partial charge in [0.05, 0.1) is 11.4 Å². The van der Waals surface area contributed by atoms with Crippen molar-refractivity contribution in [2.75, 3.05) is 44.9 Å². The van der Waals surface area contributed by atoms with Gasteiger partial charge in [0.2, 0.25) is 0 Å². The molecule has 0 unspecified atom stereocenters. The minimum Gasteiger partial charge on any atom is -0.397 e. The summed E-state index contributed by atoms with van der Waals surface area (Å²) in [6.45, 7) is 1.32. The third-order valence-corrected chi connectivity index (χ3v) is 2.36. The van der Waals surface area contributed by atoms with Crippen molar-refractivity contribution in [2.45, 2.75) is 0 Å². The van der Waals surface area contributed by atoms with Gasteiger partial charge in [-0.3, -0.25) is 0 Å². The first kappa shape index (κ1) is 12.7. The van der Waals surface area contributed by atoms with Crippen molar-refractivity contribution in [2.24, 2.45) is 0 Å². The van der Waals surface area contributed by atoms with Crippen LogP contribution in [0.5, 0.6) is 0 Å². The monoisotopic (exact) mass is 229 g/mol. The van der Waals surface area contributed by atoms with E-state index in [9.17, 15) is 8.78 Å². The molecule has 0 saturated heterocycles. The number of benzene rings is 1. The van der Waals surface area contributed by atoms with Crippen molar-refractivity contribution < 1.29 is 8.78 Å². The fraction of sp³-hybridized carbons (Fsp3) is 0.455. The molecule has 3 nitrogen and oxygen atoms in total. The second kappa shape index (κ2) is 5.12. The number of nitrogens with zero attached hydrogens (tertiary/aromatic N) is 2. The van der Waals surface area contributed by atoms with Gasteiger partial charge in [-0.2, -0.15) is 0 Å². The highest BCUT2D eigenvalue weighted by Gasteiger charge is 2.15. The van der Waals surface area contributed by atoms with Crippen LogP contribution in [-0.2, 0) is 0 Å². The summed E-state index contributed by atoms with van der Waals surface area (Å²) in [5.41, 5.74) is 6.01. The summed E-state index contributed by atoms with van der Waals surface area (Å²) in [6, 6.07) is 2.41. The highest BCUT2D eigenvalue weighted by atomic mass is 19.2. The minimum absolute atomic E-state index is 0.127. The lowest BCUT2D eigenvalue weighted by atomic mass is 10.2. The normalized spacial score (nSPS) is 10.9. The molecular weight excluding hydrogens is 212 g/mol. The van der Waals surface area contributed by atoms with Crippen LogP contribution in [0, 0.1) is 11.6 Å². The first-order valence-electron chi connectivity index (χ1n) is 5.03. The van der Waals surface area contributed by atoms with Crippen LogP contribution in [0.3, 0.4) is 0 Å². The van der Waals surface area contributed by atoms with E-state index in [0.717, 1.165) is 12.6 Å². The summed E-state index contributed by atoms with van der Waals surface area (Å²) in [6.07, 6.45) is 0. The number of anilines is 2. The number of likely N-dealkylation sites (N-methyl/N-ethyl adjacent to an activating group) is 2. The van der Waals surface area contributed by atoms with Gasteiger partial charge in [0.15, 0.2) is 11.6 Å². The number of nitrogen functional groups attached to an aromatic ring is 1. The van der Waals surface area contributed by atoms with Gasteiger partial charge in [0.25, 0.3) is 0 Å². The van der Waals surface area contributed by atoms with Crippen molar-refractivity contribution in [1.82, 2.24) is 4.90 Å². The molecule has 90 valence electrons. The Labute approximate surface area is 94.4 Å². The zero-order valence-electron chi connectivity index (χ0n) is 9.80. The summed E-state index contributed by atoms with van der Waals surface area (Å²) >= 11 is 0. The molecule has 0 spiro atoms. The largest absolute Gasteiger partial charge is 0.397 e. The Morgan fingerprint density at radius 3 is 2.31 bits per heavy atom. The van der Waals surface area contributed by atoms with E-state index in [0.29, 0.717) is 6.54 Å². The van der Waals surface area contributed by atoms with Crippen LogP contribution in [0.25, 0.3) is 0 Å². The Hall–Kier alpha value is -1.36. The average molecular weight is 229 g/mol. The van der Waals surface area contributed by atoms with E-state index in [1.807, 2.05) is 19.0 Å². The molecule has 0 atom stereocenters. The zero-order chi connectivity index (χ0) is 12.3. The van der Waals surface area contributed by atoms with Crippen molar-refractivity contribution in [3.8, 4) is 0 Å². The first-order valence-corrected chi connectivity index (χ1v) is 5.03. The molecule has 0 amide bonds. The summed E-state index contributed by atoms with van der Waals surface area (Å²) in [7, 11) is 5.52. The molecule has 16 heavy (non-hydrogen) atoms. The molecule has 0 radical (unpaired) electrons. The molecule has 0 bridgehead atoms. The number of halogens is 2. The summed E-state index contributed by atoms with van der Waals surface area (Å²) in [5.74, 6) is -1.76. The van der Waals surface area contributed by atoms with Gasteiger partial charge in [-0.25, -0.2) is 8.78 Å². The molecule has 0 fully saturated rings. The van der Waals surface area contributed by atoms with E-state index in [1.54, 1.807) is 11.9 Å². The Kier molecular flexibility index (Phi) is 4.06. The van der Waals surface area contributed by atoms with E-state index >= 15 is 0 Å². The van der Waals surface area contributed by atoms with Crippen LogP contribution >= 0.6 is 0 Å². The third kappa shape index (κ3) is 2.82. The molecule has 0 saturated carbocycles. The number of hydrogen-bond acceptors (Lipinski definition) is 3. The Balaban J connectivity index is 2.90. The molecule has 0 aromatic heterocycles. The molecule has 0 aliphatic carbocycles. The number of hydrogen-bond donors (Lipinski definition) is 1. The fourth-order valence-electron chi connectivity index (χ4n) is 1.40. The Bertz CT molecular complexity index is 366. The Morgan fingerprint density at radius 2 is 1.75 bits per heavy atom. The molecule has 1 aromatic carbocycles. The van der Waals surface area contributed by atoms with Gasteiger partial charge in [-0.1, -0.05) is 0 Å². The summed E-state index contributed by atoms with van der Waals surface area (Å²) in [4.78, 5) is 3.58. The van der Waals surface area contributed by atoms with Gasteiger partial charge in [-0.15, -0.1) is 0 Å². The molecule has 0 aliphatic heterocycles. The highest BCUT2D eigenvalue weighted by molar-refractivity contribution is 5.68. The van der Waals surface area contributed by atoms with Crippen LogP contribution in [0.1, 0.15) is 0 Å². The number of nitrogens with two attached hydrogens (primary N) is 1. The lowest BCUT2D eigenvalue weighted by Gasteiger charge is -2.23. The van der Waals surface area contributed by atoms with Gasteiger partial charge < -0.3 is 15.5 Å². The minimum atomic E-state index is -0.888. The van der Waals surface area contributed by atoms with Gasteiger partial charge in [-0.05, 0) is 26.2 Å². The Morgan fingerprint density at radius 1 is 1.12 bits per heavy atom. The number of rotatable bonds is 4. The lowest BCUT2D eigenvalue weighted by Crippen LogP contribution is -2.29. The molecule has 0 heterocycles. The standard InChI is InChI=1S/C11H17F2N3/c1-15(2)6-7-16(3)11-9(14)5-4-8(12)10(11)13/h4-5H,6-7,14H2,1-3H3. The van der Waals surface area contributed by atoms with Crippen molar-refractivity contribution in [3.63, 3.8) is 0 Å². The average Bonchev–Trinajstić information content (AvgIpc) is 2.21. The molecule has 0 aliphatic rings. The predicted octanol–water partition coefficient (Wildman–Crippen LogP) is 1.54. The maximum Gasteiger partial charge on any atom is 0.184 e. The van der Waals surface area contributed by atoms with Crippen LogP contribution in [0.2, 0.25) is 0 Å². The van der Waals surface area contributed by atoms with Crippen LogP contribution in [0.15, 0.2) is 12.1 Å². The van der Waals surface area contributed by atoms with Crippen molar-refractivity contribution >= 4 is 11.4 Å². The highest BCUT2D eigenvalue weighted by Crippen LogP contribution is 2.27. The van der Waals surface area contributed by atoms with E-state index in [-0.39, 0.29) is 11.4 Å². The van der Waals surface area contributed by atoms with E-state index in [2.05, 4.69) is 0 Å². The van der Waals surface area contributed by atoms with Gasteiger partial charge in [0.1, 0.15) is 0 Å². The van der Waals surface area contributed by atoms with E-state index < -0.39 is 11.6 Å². The van der Waals surface area contributed by atoms with Crippen LogP contribution in [0.4, 0.5) is 20.2 Å². The molecule has 5 heteroatoms. The van der Waals surface area contributed by atoms with Gasteiger partial charge >= 0.3 is 0 Å². The molecule has 1 rings (SSSR count). The summed E-state index contributed by atoms with van der Waals surface area (Å²) < 4.78 is 26.6. The maximum absolute atomic E-state index is 13.5.